The molecule has 2 unspecified atom stereocenters. The normalized spacial score (nSPS) is 27.0. The van der Waals surface area contributed by atoms with Crippen LogP contribution >= 0.6 is 0 Å². The van der Waals surface area contributed by atoms with E-state index in [9.17, 15) is 9.50 Å². The molecule has 4 saturated heterocycles. The first-order valence-corrected chi connectivity index (χ1v) is 15.0. The van der Waals surface area contributed by atoms with Gasteiger partial charge in [-0.25, -0.2) is 4.39 Å². The lowest BCUT2D eigenvalue weighted by molar-refractivity contribution is 0.107. The van der Waals surface area contributed by atoms with Crippen molar-refractivity contribution >= 4 is 27.5 Å². The average molecular weight is 564 g/mol. The number of phenols is 1. The minimum absolute atomic E-state index is 0.179. The Morgan fingerprint density at radius 1 is 1.14 bits per heavy atom. The number of nitrogens with zero attached hydrogens (tertiary/aromatic N) is 4. The van der Waals surface area contributed by atoms with Gasteiger partial charge in [-0.3, -0.25) is 4.90 Å². The van der Waals surface area contributed by atoms with Gasteiger partial charge >= 0.3 is 6.01 Å². The lowest BCUT2D eigenvalue weighted by atomic mass is 9.94. The number of aromatic nitrogens is 2. The lowest BCUT2D eigenvalue weighted by Crippen LogP contribution is -2.43. The SMILES string of the molecule is C#Cc1cccc2cc(O)cc(-c3ccc4c(N5CC6CCNC6C5)nc(OC[C@@]56CCCN5C[C@H](F)C6)nc4c3)c12. The zero-order valence-electron chi connectivity index (χ0n) is 23.5. The van der Waals surface area contributed by atoms with Crippen LogP contribution in [0, 0.1) is 18.3 Å². The molecule has 0 bridgehead atoms. The highest BCUT2D eigenvalue weighted by Gasteiger charge is 2.49. The molecule has 214 valence electrons. The predicted octanol–water partition coefficient (Wildman–Crippen LogP) is 4.89. The fourth-order valence-corrected chi connectivity index (χ4v) is 7.99. The summed E-state index contributed by atoms with van der Waals surface area (Å²) in [6.07, 6.45) is 8.73. The first-order valence-electron chi connectivity index (χ1n) is 15.0. The maximum Gasteiger partial charge on any atom is 0.319 e. The highest BCUT2D eigenvalue weighted by atomic mass is 19.1. The number of aromatic hydroxyl groups is 1. The molecule has 0 radical (unpaired) electrons. The average Bonchev–Trinajstić information content (AvgIpc) is 3.75. The molecule has 4 aliphatic heterocycles. The molecule has 5 heterocycles. The number of alkyl halides is 1. The second-order valence-electron chi connectivity index (χ2n) is 12.5. The zero-order valence-corrected chi connectivity index (χ0v) is 23.5. The molecule has 8 rings (SSSR count). The first-order chi connectivity index (χ1) is 20.5. The van der Waals surface area contributed by atoms with Gasteiger partial charge in [0.2, 0.25) is 0 Å². The van der Waals surface area contributed by atoms with Crippen LogP contribution in [0.3, 0.4) is 0 Å². The van der Waals surface area contributed by atoms with Crippen molar-refractivity contribution in [1.29, 1.82) is 0 Å². The van der Waals surface area contributed by atoms with E-state index in [1.807, 2.05) is 24.3 Å². The number of phenolic OH excluding ortho intramolecular Hbond substituents is 1. The molecule has 4 aliphatic rings. The molecular formula is C34H34FN5O2. The van der Waals surface area contributed by atoms with Crippen molar-refractivity contribution < 1.29 is 14.2 Å². The molecule has 7 nitrogen and oxygen atoms in total. The van der Waals surface area contributed by atoms with Gasteiger partial charge in [-0.1, -0.05) is 24.1 Å². The van der Waals surface area contributed by atoms with Gasteiger partial charge in [-0.2, -0.15) is 9.97 Å². The van der Waals surface area contributed by atoms with Crippen LogP contribution in [-0.4, -0.2) is 77.1 Å². The number of hydrogen-bond acceptors (Lipinski definition) is 7. The summed E-state index contributed by atoms with van der Waals surface area (Å²) in [5.41, 5.74) is 3.01. The van der Waals surface area contributed by atoms with Crippen LogP contribution in [0.15, 0.2) is 48.5 Å². The van der Waals surface area contributed by atoms with E-state index >= 15 is 0 Å². The number of rotatable bonds is 5. The van der Waals surface area contributed by atoms with Crippen molar-refractivity contribution in [3.63, 3.8) is 0 Å². The number of hydrogen-bond donors (Lipinski definition) is 2. The first kappa shape index (κ1) is 25.8. The topological polar surface area (TPSA) is 73.8 Å². The van der Waals surface area contributed by atoms with E-state index in [1.165, 1.54) is 6.42 Å². The molecule has 0 aliphatic carbocycles. The van der Waals surface area contributed by atoms with Crippen molar-refractivity contribution in [1.82, 2.24) is 20.2 Å². The number of anilines is 1. The van der Waals surface area contributed by atoms with Crippen molar-refractivity contribution in [2.75, 3.05) is 44.2 Å². The third-order valence-electron chi connectivity index (χ3n) is 9.98. The summed E-state index contributed by atoms with van der Waals surface area (Å²) in [5.74, 6) is 4.46. The summed E-state index contributed by atoms with van der Waals surface area (Å²) >= 11 is 0. The van der Waals surface area contributed by atoms with E-state index in [2.05, 4.69) is 33.2 Å². The van der Waals surface area contributed by atoms with Crippen molar-refractivity contribution in [2.24, 2.45) is 5.92 Å². The molecule has 3 aromatic carbocycles. The fourth-order valence-electron chi connectivity index (χ4n) is 7.99. The molecule has 8 heteroatoms. The monoisotopic (exact) mass is 563 g/mol. The largest absolute Gasteiger partial charge is 0.508 e. The smallest absolute Gasteiger partial charge is 0.319 e. The molecular weight excluding hydrogens is 529 g/mol. The minimum Gasteiger partial charge on any atom is -0.508 e. The van der Waals surface area contributed by atoms with E-state index in [-0.39, 0.29) is 11.3 Å². The number of halogens is 1. The molecule has 4 fully saturated rings. The van der Waals surface area contributed by atoms with Crippen LogP contribution < -0.4 is 15.0 Å². The van der Waals surface area contributed by atoms with E-state index in [0.29, 0.717) is 37.5 Å². The Balaban J connectivity index is 1.23. The van der Waals surface area contributed by atoms with Crippen LogP contribution in [0.4, 0.5) is 10.2 Å². The molecule has 0 amide bonds. The van der Waals surface area contributed by atoms with Crippen LogP contribution in [0.2, 0.25) is 0 Å². The Bertz CT molecular complexity index is 1740. The number of fused-ring (bicyclic) bond motifs is 4. The number of nitrogens with one attached hydrogen (secondary N) is 1. The van der Waals surface area contributed by atoms with E-state index in [4.69, 9.17) is 21.1 Å². The van der Waals surface area contributed by atoms with Gasteiger partial charge in [0.1, 0.15) is 24.3 Å². The van der Waals surface area contributed by atoms with Gasteiger partial charge in [0.25, 0.3) is 0 Å². The molecule has 0 spiro atoms. The second kappa shape index (κ2) is 9.82. The summed E-state index contributed by atoms with van der Waals surface area (Å²) in [5, 5.41) is 17.0. The van der Waals surface area contributed by atoms with Crippen LogP contribution in [-0.2, 0) is 0 Å². The number of ether oxygens (including phenoxy) is 1. The van der Waals surface area contributed by atoms with Gasteiger partial charge in [-0.15, -0.1) is 6.42 Å². The molecule has 4 aromatic rings. The summed E-state index contributed by atoms with van der Waals surface area (Å²) in [4.78, 5) is 14.5. The van der Waals surface area contributed by atoms with Gasteiger partial charge < -0.3 is 20.1 Å². The van der Waals surface area contributed by atoms with Crippen molar-refractivity contribution in [3.8, 4) is 35.2 Å². The minimum atomic E-state index is -0.814. The fraction of sp³-hybridized carbons (Fsp3) is 0.412. The van der Waals surface area contributed by atoms with Crippen LogP contribution in [0.1, 0.15) is 31.2 Å². The van der Waals surface area contributed by atoms with E-state index in [1.54, 1.807) is 12.1 Å². The molecule has 4 atom stereocenters. The van der Waals surface area contributed by atoms with Crippen LogP contribution in [0.25, 0.3) is 32.8 Å². The summed E-state index contributed by atoms with van der Waals surface area (Å²) in [7, 11) is 0. The molecule has 2 N–H and O–H groups in total. The Morgan fingerprint density at radius 2 is 2.07 bits per heavy atom. The maximum atomic E-state index is 14.4. The van der Waals surface area contributed by atoms with Gasteiger partial charge in [-0.05, 0) is 85.1 Å². The third-order valence-corrected chi connectivity index (χ3v) is 9.98. The third kappa shape index (κ3) is 4.18. The van der Waals surface area contributed by atoms with Crippen molar-refractivity contribution in [2.45, 2.75) is 43.4 Å². The van der Waals surface area contributed by atoms with Gasteiger partial charge in [0.05, 0.1) is 11.1 Å². The van der Waals surface area contributed by atoms with Crippen molar-refractivity contribution in [3.05, 3.63) is 54.1 Å². The molecule has 42 heavy (non-hydrogen) atoms. The van der Waals surface area contributed by atoms with Gasteiger partial charge in [0.15, 0.2) is 0 Å². The van der Waals surface area contributed by atoms with E-state index < -0.39 is 6.17 Å². The quantitative estimate of drug-likeness (QED) is 0.335. The maximum absolute atomic E-state index is 14.4. The number of benzene rings is 3. The van der Waals surface area contributed by atoms with Gasteiger partial charge in [0, 0.05) is 48.4 Å². The summed E-state index contributed by atoms with van der Waals surface area (Å²) < 4.78 is 20.8. The Kier molecular flexibility index (Phi) is 6.02. The van der Waals surface area contributed by atoms with E-state index in [0.717, 1.165) is 83.2 Å². The Hall–Kier alpha value is -3.93. The van der Waals surface area contributed by atoms with Crippen LogP contribution in [0.5, 0.6) is 11.8 Å². The summed E-state index contributed by atoms with van der Waals surface area (Å²) in [6.45, 7) is 4.68. The zero-order chi connectivity index (χ0) is 28.4. The highest BCUT2D eigenvalue weighted by Crippen LogP contribution is 2.42. The second-order valence-corrected chi connectivity index (χ2v) is 12.5. The summed E-state index contributed by atoms with van der Waals surface area (Å²) in [6, 6.07) is 16.2. The highest BCUT2D eigenvalue weighted by molar-refractivity contribution is 6.03. The predicted molar refractivity (Wildman–Crippen MR) is 163 cm³/mol. The standard InChI is InChI=1S/C34H34FN5O2/c1-2-21-5-3-6-23-13-26(41)15-28(31(21)23)22-7-8-27-29(14-22)37-33(38-32(27)39-17-24-9-11-36-30(24)19-39)42-20-34-10-4-12-40(34)18-25(35)16-34/h1,3,5-8,13-15,24-25,30,36,41H,4,9-12,16-20H2/t24?,25-,30?,34+/m1/s1. The number of terminal acetylenes is 1. The Morgan fingerprint density at radius 3 is 2.95 bits per heavy atom. The molecule has 0 saturated carbocycles. The lowest BCUT2D eigenvalue weighted by Gasteiger charge is -2.31. The Labute approximate surface area is 244 Å². The molecule has 1 aromatic heterocycles.